The monoisotopic (exact) mass is 293 g/mol. The van der Waals surface area contributed by atoms with Crippen LogP contribution in [0.1, 0.15) is 29.8 Å². The van der Waals surface area contributed by atoms with Crippen molar-refractivity contribution >= 4 is 16.9 Å². The first-order chi connectivity index (χ1) is 10.5. The average molecular weight is 293 g/mol. The van der Waals surface area contributed by atoms with Gasteiger partial charge in [-0.15, -0.1) is 0 Å². The zero-order chi connectivity index (χ0) is 15.6. The molecule has 112 valence electrons. The largest absolute Gasteiger partial charge is 0.360 e. The summed E-state index contributed by atoms with van der Waals surface area (Å²) in [6, 6.07) is 13.9. The molecule has 1 amide bonds. The Bertz CT molecular complexity index is 790. The molecule has 0 saturated heterocycles. The highest BCUT2D eigenvalue weighted by atomic mass is 16.1. The van der Waals surface area contributed by atoms with Crippen LogP contribution in [0.4, 0.5) is 0 Å². The maximum Gasteiger partial charge on any atom is 0.253 e. The fraction of sp³-hybridized carbons (Fsp3) is 0.222. The molecule has 0 aliphatic carbocycles. The van der Waals surface area contributed by atoms with Crippen molar-refractivity contribution < 1.29 is 4.79 Å². The van der Waals surface area contributed by atoms with Gasteiger partial charge in [-0.3, -0.25) is 9.78 Å². The first-order valence-electron chi connectivity index (χ1n) is 7.33. The molecule has 2 N–H and O–H groups in total. The Balaban J connectivity index is 1.74. The van der Waals surface area contributed by atoms with Crippen molar-refractivity contribution in [2.75, 3.05) is 0 Å². The highest BCUT2D eigenvalue weighted by Crippen LogP contribution is 2.15. The summed E-state index contributed by atoms with van der Waals surface area (Å²) >= 11 is 0. The fourth-order valence-electron chi connectivity index (χ4n) is 2.59. The molecule has 4 nitrogen and oxygen atoms in total. The third kappa shape index (κ3) is 3.17. The summed E-state index contributed by atoms with van der Waals surface area (Å²) in [6.07, 6.45) is 4.21. The minimum Gasteiger partial charge on any atom is -0.360 e. The third-order valence-electron chi connectivity index (χ3n) is 3.60. The number of pyridine rings is 1. The fourth-order valence-corrected chi connectivity index (χ4v) is 2.59. The van der Waals surface area contributed by atoms with Crippen LogP contribution in [0.5, 0.6) is 0 Å². The molecule has 0 radical (unpaired) electrons. The Labute approximate surface area is 129 Å². The van der Waals surface area contributed by atoms with Gasteiger partial charge in [0.05, 0.1) is 16.6 Å². The first-order valence-corrected chi connectivity index (χ1v) is 7.33. The van der Waals surface area contributed by atoms with E-state index < -0.39 is 0 Å². The number of aromatic amines is 1. The normalized spacial score (nSPS) is 11.5. The molecule has 4 heteroatoms. The summed E-state index contributed by atoms with van der Waals surface area (Å²) in [5.74, 6) is -0.107. The van der Waals surface area contributed by atoms with Crippen LogP contribution in [0.15, 0.2) is 54.9 Å². The lowest BCUT2D eigenvalue weighted by molar-refractivity contribution is 0.0913. The topological polar surface area (TPSA) is 57.8 Å². The van der Waals surface area contributed by atoms with E-state index in [0.29, 0.717) is 5.56 Å². The number of carbonyl (C=O) groups is 1. The summed E-state index contributed by atoms with van der Waals surface area (Å²) in [4.78, 5) is 19.8. The second kappa shape index (κ2) is 5.64. The van der Waals surface area contributed by atoms with Crippen molar-refractivity contribution in [2.45, 2.75) is 25.8 Å². The standard InChI is InChI=1S/C18H19N3O/c1-18(2,11-13-6-4-3-5-7-13)21-17(22)14-10-16-15(20-12-14)8-9-19-16/h3-10,12,19H,11H2,1-2H3,(H,21,22). The number of benzene rings is 1. The van der Waals surface area contributed by atoms with Crippen LogP contribution in [-0.2, 0) is 6.42 Å². The van der Waals surface area contributed by atoms with Gasteiger partial charge >= 0.3 is 0 Å². The second-order valence-electron chi connectivity index (χ2n) is 6.13. The van der Waals surface area contributed by atoms with Gasteiger partial charge in [0, 0.05) is 17.9 Å². The third-order valence-corrected chi connectivity index (χ3v) is 3.60. The van der Waals surface area contributed by atoms with Crippen LogP contribution >= 0.6 is 0 Å². The van der Waals surface area contributed by atoms with E-state index in [1.165, 1.54) is 5.56 Å². The molecule has 0 unspecified atom stereocenters. The minimum atomic E-state index is -0.330. The van der Waals surface area contributed by atoms with Crippen LogP contribution in [0.2, 0.25) is 0 Å². The van der Waals surface area contributed by atoms with E-state index >= 15 is 0 Å². The molecule has 22 heavy (non-hydrogen) atoms. The number of rotatable bonds is 4. The zero-order valence-electron chi connectivity index (χ0n) is 12.8. The van der Waals surface area contributed by atoms with Crippen LogP contribution < -0.4 is 5.32 Å². The number of nitrogens with one attached hydrogen (secondary N) is 2. The molecule has 0 saturated carbocycles. The maximum absolute atomic E-state index is 12.5. The molecule has 0 aliphatic heterocycles. The van der Waals surface area contributed by atoms with Gasteiger partial charge < -0.3 is 10.3 Å². The van der Waals surface area contributed by atoms with Crippen molar-refractivity contribution in [1.82, 2.24) is 15.3 Å². The van der Waals surface area contributed by atoms with E-state index in [-0.39, 0.29) is 11.4 Å². The average Bonchev–Trinajstić information content (AvgIpc) is 2.94. The van der Waals surface area contributed by atoms with Gasteiger partial charge in [0.2, 0.25) is 0 Å². The van der Waals surface area contributed by atoms with Gasteiger partial charge in [0.15, 0.2) is 0 Å². The van der Waals surface area contributed by atoms with E-state index in [1.807, 2.05) is 50.4 Å². The molecule has 1 aromatic carbocycles. The van der Waals surface area contributed by atoms with Gasteiger partial charge in [0.25, 0.3) is 5.91 Å². The van der Waals surface area contributed by atoms with Gasteiger partial charge in [-0.25, -0.2) is 0 Å². The Hall–Kier alpha value is -2.62. The van der Waals surface area contributed by atoms with Crippen molar-refractivity contribution in [1.29, 1.82) is 0 Å². The number of amides is 1. The Morgan fingerprint density at radius 3 is 2.77 bits per heavy atom. The molecule has 2 heterocycles. The van der Waals surface area contributed by atoms with E-state index in [9.17, 15) is 4.79 Å². The number of hydrogen-bond acceptors (Lipinski definition) is 2. The van der Waals surface area contributed by atoms with Gasteiger partial charge in [-0.1, -0.05) is 30.3 Å². The summed E-state index contributed by atoms with van der Waals surface area (Å²) in [6.45, 7) is 4.05. The predicted octanol–water partition coefficient (Wildman–Crippen LogP) is 3.31. The lowest BCUT2D eigenvalue weighted by Gasteiger charge is -2.26. The van der Waals surface area contributed by atoms with Gasteiger partial charge in [0.1, 0.15) is 0 Å². The molecule has 0 fully saturated rings. The second-order valence-corrected chi connectivity index (χ2v) is 6.13. The van der Waals surface area contributed by atoms with Crippen LogP contribution in [0.3, 0.4) is 0 Å². The van der Waals surface area contributed by atoms with Crippen molar-refractivity contribution in [3.05, 3.63) is 66.0 Å². The van der Waals surface area contributed by atoms with E-state index in [4.69, 9.17) is 0 Å². The molecule has 0 atom stereocenters. The highest BCUT2D eigenvalue weighted by molar-refractivity contribution is 5.97. The Morgan fingerprint density at radius 1 is 1.23 bits per heavy atom. The Morgan fingerprint density at radius 2 is 2.00 bits per heavy atom. The molecular weight excluding hydrogens is 274 g/mol. The number of H-pyrrole nitrogens is 1. The quantitative estimate of drug-likeness (QED) is 0.775. The molecular formula is C18H19N3O. The summed E-state index contributed by atoms with van der Waals surface area (Å²) in [7, 11) is 0. The molecule has 0 spiro atoms. The first kappa shape index (κ1) is 14.3. The van der Waals surface area contributed by atoms with Crippen molar-refractivity contribution in [3.8, 4) is 0 Å². The Kier molecular flexibility index (Phi) is 3.67. The van der Waals surface area contributed by atoms with Gasteiger partial charge in [-0.2, -0.15) is 0 Å². The van der Waals surface area contributed by atoms with Crippen molar-refractivity contribution in [3.63, 3.8) is 0 Å². The SMILES string of the molecule is CC(C)(Cc1ccccc1)NC(=O)c1cnc2cc[nH]c2c1. The number of nitrogens with zero attached hydrogens (tertiary/aromatic N) is 1. The minimum absolute atomic E-state index is 0.107. The van der Waals surface area contributed by atoms with E-state index in [2.05, 4.69) is 27.4 Å². The highest BCUT2D eigenvalue weighted by Gasteiger charge is 2.22. The number of hydrogen-bond donors (Lipinski definition) is 2. The molecule has 3 aromatic rings. The lowest BCUT2D eigenvalue weighted by Crippen LogP contribution is -2.45. The van der Waals surface area contributed by atoms with E-state index in [0.717, 1.165) is 17.5 Å². The number of carbonyl (C=O) groups excluding carboxylic acids is 1. The van der Waals surface area contributed by atoms with Crippen molar-refractivity contribution in [2.24, 2.45) is 0 Å². The van der Waals surface area contributed by atoms with Crippen LogP contribution in [0, 0.1) is 0 Å². The lowest BCUT2D eigenvalue weighted by atomic mass is 9.94. The smallest absolute Gasteiger partial charge is 0.253 e. The maximum atomic E-state index is 12.5. The molecule has 0 aliphatic rings. The molecule has 3 rings (SSSR count). The number of aromatic nitrogens is 2. The van der Waals surface area contributed by atoms with Crippen LogP contribution in [0.25, 0.3) is 11.0 Å². The van der Waals surface area contributed by atoms with Crippen LogP contribution in [-0.4, -0.2) is 21.4 Å². The molecule has 2 aromatic heterocycles. The van der Waals surface area contributed by atoms with E-state index in [1.54, 1.807) is 6.20 Å². The number of fused-ring (bicyclic) bond motifs is 1. The summed E-state index contributed by atoms with van der Waals surface area (Å²) in [5, 5.41) is 3.09. The predicted molar refractivity (Wildman–Crippen MR) is 87.8 cm³/mol. The zero-order valence-corrected chi connectivity index (χ0v) is 12.8. The van der Waals surface area contributed by atoms with Gasteiger partial charge in [-0.05, 0) is 38.0 Å². The summed E-state index contributed by atoms with van der Waals surface area (Å²) < 4.78 is 0. The summed E-state index contributed by atoms with van der Waals surface area (Å²) in [5.41, 5.74) is 3.17. The molecule has 0 bridgehead atoms.